The van der Waals surface area contributed by atoms with E-state index in [4.69, 9.17) is 14.2 Å². The highest BCUT2D eigenvalue weighted by Gasteiger charge is 2.19. The van der Waals surface area contributed by atoms with Crippen LogP contribution in [-0.4, -0.2) is 38.2 Å². The lowest BCUT2D eigenvalue weighted by Crippen LogP contribution is -2.27. The van der Waals surface area contributed by atoms with Gasteiger partial charge in [-0.1, -0.05) is 0 Å². The summed E-state index contributed by atoms with van der Waals surface area (Å²) in [6.45, 7) is 1.36. The molecule has 0 aromatic heterocycles. The van der Waals surface area contributed by atoms with E-state index in [-0.39, 0.29) is 0 Å². The predicted molar refractivity (Wildman–Crippen MR) is 75.3 cm³/mol. The molecule has 0 fully saturated rings. The fourth-order valence-corrected chi connectivity index (χ4v) is 1.31. The Kier molecular flexibility index (Phi) is 6.62. The van der Waals surface area contributed by atoms with Gasteiger partial charge in [-0.2, -0.15) is 0 Å². The number of benzene rings is 1. The molecule has 0 bridgehead atoms. The molecule has 0 aliphatic heterocycles. The van der Waals surface area contributed by atoms with Crippen molar-refractivity contribution in [2.45, 2.75) is 13.0 Å². The lowest BCUT2D eigenvalue weighted by Gasteiger charge is -2.11. The van der Waals surface area contributed by atoms with E-state index in [9.17, 15) is 14.4 Å². The molecule has 1 atom stereocenters. The van der Waals surface area contributed by atoms with Crippen molar-refractivity contribution < 1.29 is 33.3 Å². The number of hydrogen-bond acceptors (Lipinski definition) is 7. The molecule has 0 radical (unpaired) electrons. The summed E-state index contributed by atoms with van der Waals surface area (Å²) in [6, 6.07) is 6.33. The van der Waals surface area contributed by atoms with Gasteiger partial charge in [-0.05, 0) is 31.2 Å². The number of hydrogen-bond donors (Lipinski definition) is 0. The molecule has 1 rings (SSSR count). The lowest BCUT2D eigenvalue weighted by molar-refractivity contribution is -0.157. The summed E-state index contributed by atoms with van der Waals surface area (Å²) >= 11 is 0. The normalized spacial score (nSPS) is 11.6. The standard InChI is InChI=1S/C15H16O7/c1-10(21-14(17)9-8-13(16)20-3)15(18)22-12-6-4-11(19-2)5-7-12/h4-10H,1-3H3/b9-8+. The SMILES string of the molecule is COC(=O)/C=C/C(=O)OC(C)C(=O)Oc1ccc(OC)cc1. The molecule has 118 valence electrons. The number of esters is 3. The summed E-state index contributed by atoms with van der Waals surface area (Å²) in [6.07, 6.45) is 0.629. The topological polar surface area (TPSA) is 88.1 Å². The van der Waals surface area contributed by atoms with Gasteiger partial charge in [0.25, 0.3) is 0 Å². The minimum absolute atomic E-state index is 0.291. The van der Waals surface area contributed by atoms with Crippen LogP contribution < -0.4 is 9.47 Å². The molecule has 1 aromatic rings. The summed E-state index contributed by atoms with van der Waals surface area (Å²) in [7, 11) is 2.69. The number of rotatable bonds is 6. The Hall–Kier alpha value is -2.83. The van der Waals surface area contributed by atoms with Gasteiger partial charge in [0.15, 0.2) is 6.10 Å². The maximum absolute atomic E-state index is 11.8. The van der Waals surface area contributed by atoms with Gasteiger partial charge >= 0.3 is 17.9 Å². The fourth-order valence-electron chi connectivity index (χ4n) is 1.31. The lowest BCUT2D eigenvalue weighted by atomic mass is 10.3. The molecule has 0 heterocycles. The zero-order valence-electron chi connectivity index (χ0n) is 12.4. The first-order valence-corrected chi connectivity index (χ1v) is 6.28. The van der Waals surface area contributed by atoms with Crippen LogP contribution >= 0.6 is 0 Å². The molecular formula is C15H16O7. The molecule has 0 spiro atoms. The molecule has 0 aliphatic carbocycles. The maximum Gasteiger partial charge on any atom is 0.352 e. The highest BCUT2D eigenvalue weighted by molar-refractivity contribution is 5.92. The second-order valence-electron chi connectivity index (χ2n) is 4.03. The highest BCUT2D eigenvalue weighted by atomic mass is 16.6. The summed E-state index contributed by atoms with van der Waals surface area (Å²) in [5.74, 6) is -1.40. The van der Waals surface area contributed by atoms with Crippen LogP contribution in [0.5, 0.6) is 11.5 Å². The van der Waals surface area contributed by atoms with E-state index >= 15 is 0 Å². The maximum atomic E-state index is 11.8. The van der Waals surface area contributed by atoms with Crippen LogP contribution in [-0.2, 0) is 23.9 Å². The van der Waals surface area contributed by atoms with Crippen molar-refractivity contribution in [1.82, 2.24) is 0 Å². The largest absolute Gasteiger partial charge is 0.497 e. The van der Waals surface area contributed by atoms with Gasteiger partial charge in [-0.3, -0.25) is 0 Å². The van der Waals surface area contributed by atoms with Crippen molar-refractivity contribution in [2.24, 2.45) is 0 Å². The molecule has 0 aliphatic rings. The Bertz CT molecular complexity index is 560. The van der Waals surface area contributed by atoms with Gasteiger partial charge in [0.05, 0.1) is 14.2 Å². The summed E-state index contributed by atoms with van der Waals surface area (Å²) < 4.78 is 19.1. The van der Waals surface area contributed by atoms with E-state index in [1.807, 2.05) is 0 Å². The zero-order valence-corrected chi connectivity index (χ0v) is 12.4. The molecule has 1 unspecified atom stereocenters. The van der Waals surface area contributed by atoms with E-state index in [2.05, 4.69) is 4.74 Å². The monoisotopic (exact) mass is 308 g/mol. The molecule has 0 saturated heterocycles. The Morgan fingerprint density at radius 1 is 0.955 bits per heavy atom. The molecule has 1 aromatic carbocycles. The van der Waals surface area contributed by atoms with Crippen LogP contribution in [0.3, 0.4) is 0 Å². The quantitative estimate of drug-likeness (QED) is 0.444. The molecule has 0 saturated carbocycles. The van der Waals surface area contributed by atoms with E-state index in [0.29, 0.717) is 11.5 Å². The zero-order chi connectivity index (χ0) is 16.5. The van der Waals surface area contributed by atoms with Gasteiger partial charge in [0.1, 0.15) is 11.5 Å². The molecule has 0 N–H and O–H groups in total. The van der Waals surface area contributed by atoms with Gasteiger partial charge in [-0.25, -0.2) is 14.4 Å². The van der Waals surface area contributed by atoms with Crippen LogP contribution in [0, 0.1) is 0 Å². The molecule has 22 heavy (non-hydrogen) atoms. The molecule has 0 amide bonds. The fraction of sp³-hybridized carbons (Fsp3) is 0.267. The summed E-state index contributed by atoms with van der Waals surface area (Å²) in [5.41, 5.74) is 0. The van der Waals surface area contributed by atoms with Crippen molar-refractivity contribution in [2.75, 3.05) is 14.2 Å². The number of carbonyl (C=O) groups excluding carboxylic acids is 3. The minimum Gasteiger partial charge on any atom is -0.497 e. The number of carbonyl (C=O) groups is 3. The summed E-state index contributed by atoms with van der Waals surface area (Å²) in [4.78, 5) is 33.9. The van der Waals surface area contributed by atoms with Gasteiger partial charge in [0.2, 0.25) is 0 Å². The first kappa shape index (κ1) is 17.2. The average molecular weight is 308 g/mol. The smallest absolute Gasteiger partial charge is 0.352 e. The third-order valence-corrected chi connectivity index (χ3v) is 2.46. The molecular weight excluding hydrogens is 292 g/mol. The van der Waals surface area contributed by atoms with Crippen molar-refractivity contribution in [3.63, 3.8) is 0 Å². The van der Waals surface area contributed by atoms with Gasteiger partial charge in [0, 0.05) is 12.2 Å². The predicted octanol–water partition coefficient (Wildman–Crippen LogP) is 1.26. The second-order valence-corrected chi connectivity index (χ2v) is 4.03. The van der Waals surface area contributed by atoms with Gasteiger partial charge < -0.3 is 18.9 Å². The highest BCUT2D eigenvalue weighted by Crippen LogP contribution is 2.17. The minimum atomic E-state index is -1.13. The van der Waals surface area contributed by atoms with E-state index in [0.717, 1.165) is 12.2 Å². The van der Waals surface area contributed by atoms with Crippen molar-refractivity contribution in [3.8, 4) is 11.5 Å². The van der Waals surface area contributed by atoms with Crippen LogP contribution in [0.2, 0.25) is 0 Å². The Labute approximate surface area is 127 Å². The number of ether oxygens (including phenoxy) is 4. The Morgan fingerprint density at radius 3 is 2.05 bits per heavy atom. The van der Waals surface area contributed by atoms with E-state index < -0.39 is 24.0 Å². The Balaban J connectivity index is 2.52. The van der Waals surface area contributed by atoms with Crippen molar-refractivity contribution >= 4 is 17.9 Å². The third kappa shape index (κ3) is 5.66. The van der Waals surface area contributed by atoms with Crippen LogP contribution in [0.1, 0.15) is 6.92 Å². The van der Waals surface area contributed by atoms with E-state index in [1.54, 1.807) is 24.3 Å². The van der Waals surface area contributed by atoms with E-state index in [1.165, 1.54) is 21.1 Å². The molecule has 7 nitrogen and oxygen atoms in total. The second kappa shape index (κ2) is 8.46. The first-order chi connectivity index (χ1) is 10.5. The van der Waals surface area contributed by atoms with Gasteiger partial charge in [-0.15, -0.1) is 0 Å². The van der Waals surface area contributed by atoms with Crippen LogP contribution in [0.4, 0.5) is 0 Å². The first-order valence-electron chi connectivity index (χ1n) is 6.28. The average Bonchev–Trinajstić information content (AvgIpc) is 2.53. The van der Waals surface area contributed by atoms with Crippen molar-refractivity contribution in [3.05, 3.63) is 36.4 Å². The van der Waals surface area contributed by atoms with Crippen molar-refractivity contribution in [1.29, 1.82) is 0 Å². The Morgan fingerprint density at radius 2 is 1.50 bits per heavy atom. The molecule has 7 heteroatoms. The number of methoxy groups -OCH3 is 2. The van der Waals surface area contributed by atoms with Crippen LogP contribution in [0.15, 0.2) is 36.4 Å². The van der Waals surface area contributed by atoms with Crippen LogP contribution in [0.25, 0.3) is 0 Å². The third-order valence-electron chi connectivity index (χ3n) is 2.46. The summed E-state index contributed by atoms with van der Waals surface area (Å²) in [5, 5.41) is 0.